The normalized spacial score (nSPS) is 14.9. The van der Waals surface area contributed by atoms with Gasteiger partial charge in [-0.15, -0.1) is 11.3 Å². The molecule has 0 unspecified atom stereocenters. The van der Waals surface area contributed by atoms with E-state index in [1.165, 1.54) is 32.1 Å². The Kier molecular flexibility index (Phi) is 7.66. The molecule has 1 heterocycles. The number of benzene rings is 1. The summed E-state index contributed by atoms with van der Waals surface area (Å²) in [4.78, 5) is 16.6. The van der Waals surface area contributed by atoms with Crippen LogP contribution in [0.25, 0.3) is 0 Å². The maximum atomic E-state index is 12.2. The third kappa shape index (κ3) is 6.63. The summed E-state index contributed by atoms with van der Waals surface area (Å²) in [5.41, 5.74) is 1.56. The van der Waals surface area contributed by atoms with Crippen LogP contribution in [-0.2, 0) is 11.3 Å². The zero-order valence-corrected chi connectivity index (χ0v) is 16.7. The Labute approximate surface area is 165 Å². The number of rotatable bonds is 9. The van der Waals surface area contributed by atoms with Crippen LogP contribution in [-0.4, -0.2) is 30.1 Å². The van der Waals surface area contributed by atoms with Gasteiger partial charge in [0.2, 0.25) is 0 Å². The second kappa shape index (κ2) is 10.4. The molecule has 1 aromatic carbocycles. The van der Waals surface area contributed by atoms with Gasteiger partial charge in [0, 0.05) is 24.1 Å². The van der Waals surface area contributed by atoms with Gasteiger partial charge in [-0.2, -0.15) is 0 Å². The van der Waals surface area contributed by atoms with E-state index >= 15 is 0 Å². The van der Waals surface area contributed by atoms with Gasteiger partial charge in [-0.3, -0.25) is 4.79 Å². The Hall–Kier alpha value is -1.92. The number of carbonyl (C=O) groups excluding carboxylic acids is 1. The smallest absolute Gasteiger partial charge is 0.251 e. The highest BCUT2D eigenvalue weighted by molar-refractivity contribution is 7.09. The average Bonchev–Trinajstić information content (AvgIpc) is 3.12. The lowest BCUT2D eigenvalue weighted by molar-refractivity contribution is 0.0273. The quantitative estimate of drug-likeness (QED) is 0.643. The molecule has 0 aliphatic heterocycles. The molecule has 3 rings (SSSR count). The molecule has 2 aromatic rings. The Balaban J connectivity index is 1.33. The van der Waals surface area contributed by atoms with Gasteiger partial charge in [0.05, 0.1) is 16.8 Å². The fourth-order valence-electron chi connectivity index (χ4n) is 3.19. The molecule has 1 aromatic heterocycles. The first-order valence-corrected chi connectivity index (χ1v) is 10.6. The number of nitrogens with zero attached hydrogens (tertiary/aromatic N) is 1. The maximum absolute atomic E-state index is 12.2. The Morgan fingerprint density at radius 3 is 2.70 bits per heavy atom. The van der Waals surface area contributed by atoms with Crippen molar-refractivity contribution in [2.75, 3.05) is 13.2 Å². The first-order valence-electron chi connectivity index (χ1n) is 9.74. The van der Waals surface area contributed by atoms with Crippen LogP contribution in [0.2, 0.25) is 0 Å². The maximum Gasteiger partial charge on any atom is 0.251 e. The van der Waals surface area contributed by atoms with E-state index in [0.717, 1.165) is 22.9 Å². The summed E-state index contributed by atoms with van der Waals surface area (Å²) in [6.07, 6.45) is 7.54. The van der Waals surface area contributed by atoms with Crippen LogP contribution in [0.4, 0.5) is 0 Å². The summed E-state index contributed by atoms with van der Waals surface area (Å²) in [6, 6.07) is 7.21. The van der Waals surface area contributed by atoms with Gasteiger partial charge in [-0.1, -0.05) is 19.3 Å². The molecule has 27 heavy (non-hydrogen) atoms. The van der Waals surface area contributed by atoms with Gasteiger partial charge in [0.1, 0.15) is 12.4 Å². The monoisotopic (exact) mass is 388 g/mol. The minimum atomic E-state index is -0.0608. The fourth-order valence-corrected chi connectivity index (χ4v) is 3.79. The van der Waals surface area contributed by atoms with E-state index in [9.17, 15) is 4.79 Å². The van der Waals surface area contributed by atoms with Crippen molar-refractivity contribution in [3.05, 3.63) is 45.9 Å². The Morgan fingerprint density at radius 2 is 2.00 bits per heavy atom. The summed E-state index contributed by atoms with van der Waals surface area (Å²) in [5.74, 6) is 0.674. The van der Waals surface area contributed by atoms with Crippen LogP contribution in [0.5, 0.6) is 5.75 Å². The highest BCUT2D eigenvalue weighted by Crippen LogP contribution is 2.20. The van der Waals surface area contributed by atoms with E-state index in [2.05, 4.69) is 10.3 Å². The van der Waals surface area contributed by atoms with E-state index in [1.54, 1.807) is 23.5 Å². The number of hydrogen-bond acceptors (Lipinski definition) is 5. The number of hydrogen-bond donors (Lipinski definition) is 1. The van der Waals surface area contributed by atoms with Crippen molar-refractivity contribution in [2.24, 2.45) is 0 Å². The SMILES string of the molecule is Cc1nc(COc2ccc(C(=O)NCCCOC3CCCCC3)cc2)cs1. The minimum absolute atomic E-state index is 0.0608. The molecule has 0 bridgehead atoms. The van der Waals surface area contributed by atoms with Gasteiger partial charge in [0.25, 0.3) is 5.91 Å². The van der Waals surface area contributed by atoms with Crippen molar-refractivity contribution >= 4 is 17.2 Å². The fraction of sp³-hybridized carbons (Fsp3) is 0.524. The molecule has 0 atom stereocenters. The predicted octanol–water partition coefficient (Wildman–Crippen LogP) is 4.50. The van der Waals surface area contributed by atoms with Crippen LogP contribution in [0.15, 0.2) is 29.6 Å². The summed E-state index contributed by atoms with van der Waals surface area (Å²) in [5, 5.41) is 5.98. The lowest BCUT2D eigenvalue weighted by Gasteiger charge is -2.21. The molecule has 5 nitrogen and oxygen atoms in total. The van der Waals surface area contributed by atoms with Gasteiger partial charge in [-0.05, 0) is 50.5 Å². The number of thiazole rings is 1. The minimum Gasteiger partial charge on any atom is -0.487 e. The zero-order valence-electron chi connectivity index (χ0n) is 15.9. The summed E-state index contributed by atoms with van der Waals surface area (Å²) >= 11 is 1.61. The lowest BCUT2D eigenvalue weighted by atomic mass is 9.98. The molecule has 0 spiro atoms. The second-order valence-electron chi connectivity index (χ2n) is 6.91. The van der Waals surface area contributed by atoms with E-state index in [0.29, 0.717) is 31.4 Å². The number of aromatic nitrogens is 1. The molecule has 1 aliphatic carbocycles. The van der Waals surface area contributed by atoms with Crippen molar-refractivity contribution in [1.82, 2.24) is 10.3 Å². The Morgan fingerprint density at radius 1 is 1.22 bits per heavy atom. The molecule has 0 radical (unpaired) electrons. The Bertz CT molecular complexity index is 708. The van der Waals surface area contributed by atoms with Crippen LogP contribution in [0.3, 0.4) is 0 Å². The van der Waals surface area contributed by atoms with E-state index in [1.807, 2.05) is 24.4 Å². The first kappa shape index (κ1) is 19.8. The molecule has 1 N–H and O–H groups in total. The third-order valence-corrected chi connectivity index (χ3v) is 5.50. The summed E-state index contributed by atoms with van der Waals surface area (Å²) < 4.78 is 11.6. The van der Waals surface area contributed by atoms with Gasteiger partial charge in [0.15, 0.2) is 0 Å². The van der Waals surface area contributed by atoms with Crippen molar-refractivity contribution < 1.29 is 14.3 Å². The standard InChI is InChI=1S/C21H28N2O3S/c1-16-23-18(15-27-16)14-26-20-10-8-17(9-11-20)21(24)22-12-5-13-25-19-6-3-2-4-7-19/h8-11,15,19H,2-7,12-14H2,1H3,(H,22,24). The molecule has 6 heteroatoms. The van der Waals surface area contributed by atoms with Crippen LogP contribution in [0.1, 0.15) is 59.6 Å². The van der Waals surface area contributed by atoms with Crippen LogP contribution in [0, 0.1) is 6.92 Å². The van der Waals surface area contributed by atoms with Crippen LogP contribution >= 0.6 is 11.3 Å². The van der Waals surface area contributed by atoms with Crippen molar-refractivity contribution in [3.8, 4) is 5.75 Å². The highest BCUT2D eigenvalue weighted by Gasteiger charge is 2.13. The van der Waals surface area contributed by atoms with Crippen molar-refractivity contribution in [2.45, 2.75) is 58.2 Å². The molecule has 1 amide bonds. The molecule has 1 fully saturated rings. The zero-order chi connectivity index (χ0) is 18.9. The second-order valence-corrected chi connectivity index (χ2v) is 7.97. The number of amides is 1. The molecular formula is C21H28N2O3S. The van der Waals surface area contributed by atoms with Crippen molar-refractivity contribution in [3.63, 3.8) is 0 Å². The molecular weight excluding hydrogens is 360 g/mol. The van der Waals surface area contributed by atoms with Gasteiger partial charge < -0.3 is 14.8 Å². The van der Waals surface area contributed by atoms with E-state index < -0.39 is 0 Å². The van der Waals surface area contributed by atoms with Gasteiger partial charge >= 0.3 is 0 Å². The average molecular weight is 389 g/mol. The topological polar surface area (TPSA) is 60.5 Å². The first-order chi connectivity index (χ1) is 13.2. The molecule has 146 valence electrons. The summed E-state index contributed by atoms with van der Waals surface area (Å²) in [7, 11) is 0. The van der Waals surface area contributed by atoms with Crippen molar-refractivity contribution in [1.29, 1.82) is 0 Å². The van der Waals surface area contributed by atoms with Crippen LogP contribution < -0.4 is 10.1 Å². The summed E-state index contributed by atoms with van der Waals surface area (Å²) in [6.45, 7) is 3.77. The number of ether oxygens (including phenoxy) is 2. The predicted molar refractivity (Wildman–Crippen MR) is 107 cm³/mol. The van der Waals surface area contributed by atoms with E-state index in [-0.39, 0.29) is 5.91 Å². The third-order valence-electron chi connectivity index (χ3n) is 4.68. The van der Waals surface area contributed by atoms with E-state index in [4.69, 9.17) is 9.47 Å². The number of carbonyl (C=O) groups is 1. The lowest BCUT2D eigenvalue weighted by Crippen LogP contribution is -2.26. The highest BCUT2D eigenvalue weighted by atomic mass is 32.1. The van der Waals surface area contributed by atoms with Gasteiger partial charge in [-0.25, -0.2) is 4.98 Å². The molecule has 1 saturated carbocycles. The molecule has 0 saturated heterocycles. The number of aryl methyl sites for hydroxylation is 1. The number of nitrogens with one attached hydrogen (secondary N) is 1. The molecule has 1 aliphatic rings. The largest absolute Gasteiger partial charge is 0.487 e.